The van der Waals surface area contributed by atoms with Gasteiger partial charge in [0.2, 0.25) is 0 Å². The van der Waals surface area contributed by atoms with E-state index >= 15 is 0 Å². The number of nitrogens with zero attached hydrogens (tertiary/aromatic N) is 2. The standard InChI is InChI=1S/C13H25N3O2/c1-11(5-7-17-3)16-10-13(12(2)15-16)9-14-6-8-18-4/h10-11,14H,5-9H2,1-4H3. The molecule has 0 aliphatic rings. The van der Waals surface area contributed by atoms with Crippen molar-refractivity contribution in [2.45, 2.75) is 32.9 Å². The van der Waals surface area contributed by atoms with E-state index in [2.05, 4.69) is 23.5 Å². The van der Waals surface area contributed by atoms with Gasteiger partial charge in [0.25, 0.3) is 0 Å². The molecule has 1 unspecified atom stereocenters. The summed E-state index contributed by atoms with van der Waals surface area (Å²) in [7, 11) is 3.44. The smallest absolute Gasteiger partial charge is 0.0638 e. The molecule has 0 aromatic carbocycles. The number of aryl methyl sites for hydroxylation is 1. The van der Waals surface area contributed by atoms with Crippen molar-refractivity contribution in [2.24, 2.45) is 0 Å². The Balaban J connectivity index is 2.47. The molecule has 1 atom stereocenters. The van der Waals surface area contributed by atoms with Gasteiger partial charge in [-0.15, -0.1) is 0 Å². The van der Waals surface area contributed by atoms with Crippen molar-refractivity contribution in [3.63, 3.8) is 0 Å². The summed E-state index contributed by atoms with van der Waals surface area (Å²) in [5, 5.41) is 7.89. The average Bonchev–Trinajstić information content (AvgIpc) is 2.73. The van der Waals surface area contributed by atoms with Crippen LogP contribution < -0.4 is 5.32 Å². The van der Waals surface area contributed by atoms with Gasteiger partial charge in [-0.1, -0.05) is 0 Å². The zero-order valence-electron chi connectivity index (χ0n) is 11.9. The number of hydrogen-bond donors (Lipinski definition) is 1. The van der Waals surface area contributed by atoms with E-state index in [1.54, 1.807) is 14.2 Å². The molecule has 104 valence electrons. The van der Waals surface area contributed by atoms with Crippen LogP contribution in [-0.2, 0) is 16.0 Å². The first kappa shape index (κ1) is 15.1. The monoisotopic (exact) mass is 255 g/mol. The highest BCUT2D eigenvalue weighted by molar-refractivity contribution is 5.15. The molecule has 18 heavy (non-hydrogen) atoms. The zero-order chi connectivity index (χ0) is 13.4. The van der Waals surface area contributed by atoms with Gasteiger partial charge in [-0.05, 0) is 20.3 Å². The fourth-order valence-corrected chi connectivity index (χ4v) is 1.74. The third-order valence-electron chi connectivity index (χ3n) is 3.01. The first-order valence-electron chi connectivity index (χ1n) is 6.42. The minimum absolute atomic E-state index is 0.372. The summed E-state index contributed by atoms with van der Waals surface area (Å²) in [6, 6.07) is 0.372. The van der Waals surface area contributed by atoms with E-state index in [-0.39, 0.29) is 0 Å². The van der Waals surface area contributed by atoms with Gasteiger partial charge in [-0.25, -0.2) is 0 Å². The number of ether oxygens (including phenoxy) is 2. The summed E-state index contributed by atoms with van der Waals surface area (Å²) in [5.74, 6) is 0. The number of methoxy groups -OCH3 is 2. The van der Waals surface area contributed by atoms with E-state index in [9.17, 15) is 0 Å². The summed E-state index contributed by atoms with van der Waals surface area (Å²) < 4.78 is 12.1. The predicted octanol–water partition coefficient (Wildman–Crippen LogP) is 1.53. The van der Waals surface area contributed by atoms with Crippen molar-refractivity contribution in [3.05, 3.63) is 17.5 Å². The van der Waals surface area contributed by atoms with Gasteiger partial charge in [0, 0.05) is 45.7 Å². The Morgan fingerprint density at radius 3 is 2.72 bits per heavy atom. The maximum absolute atomic E-state index is 5.10. The summed E-state index contributed by atoms with van der Waals surface area (Å²) in [6.07, 6.45) is 3.10. The molecule has 0 saturated carbocycles. The second kappa shape index (κ2) is 8.24. The van der Waals surface area contributed by atoms with E-state index in [4.69, 9.17) is 9.47 Å². The van der Waals surface area contributed by atoms with Gasteiger partial charge in [-0.3, -0.25) is 4.68 Å². The lowest BCUT2D eigenvalue weighted by Gasteiger charge is -2.10. The molecule has 1 aromatic heterocycles. The normalized spacial score (nSPS) is 12.9. The molecule has 5 heteroatoms. The predicted molar refractivity (Wildman–Crippen MR) is 71.8 cm³/mol. The number of hydrogen-bond acceptors (Lipinski definition) is 4. The van der Waals surface area contributed by atoms with Crippen LogP contribution in [0.25, 0.3) is 0 Å². The molecule has 0 bridgehead atoms. The summed E-state index contributed by atoms with van der Waals surface area (Å²) in [5.41, 5.74) is 2.33. The zero-order valence-corrected chi connectivity index (χ0v) is 11.9. The summed E-state index contributed by atoms with van der Waals surface area (Å²) >= 11 is 0. The van der Waals surface area contributed by atoms with Gasteiger partial charge in [-0.2, -0.15) is 5.10 Å². The Labute approximate surface area is 109 Å². The maximum atomic E-state index is 5.10. The van der Waals surface area contributed by atoms with Crippen LogP contribution in [0.4, 0.5) is 0 Å². The number of rotatable bonds is 9. The maximum Gasteiger partial charge on any atom is 0.0638 e. The summed E-state index contributed by atoms with van der Waals surface area (Å²) in [6.45, 7) is 7.41. The fourth-order valence-electron chi connectivity index (χ4n) is 1.74. The molecular weight excluding hydrogens is 230 g/mol. The van der Waals surface area contributed by atoms with Crippen molar-refractivity contribution < 1.29 is 9.47 Å². The Hall–Kier alpha value is -0.910. The van der Waals surface area contributed by atoms with Crippen LogP contribution >= 0.6 is 0 Å². The lowest BCUT2D eigenvalue weighted by Crippen LogP contribution is -2.18. The molecule has 1 heterocycles. The molecule has 0 spiro atoms. The van der Waals surface area contributed by atoms with Crippen molar-refractivity contribution >= 4 is 0 Å². The third-order valence-corrected chi connectivity index (χ3v) is 3.01. The van der Waals surface area contributed by atoms with Crippen LogP contribution in [-0.4, -0.2) is 43.8 Å². The highest BCUT2D eigenvalue weighted by Crippen LogP contribution is 2.13. The van der Waals surface area contributed by atoms with Crippen LogP contribution in [0.1, 0.15) is 30.6 Å². The molecular formula is C13H25N3O2. The first-order valence-corrected chi connectivity index (χ1v) is 6.42. The minimum Gasteiger partial charge on any atom is -0.385 e. The summed E-state index contributed by atoms with van der Waals surface area (Å²) in [4.78, 5) is 0. The van der Waals surface area contributed by atoms with E-state index in [1.165, 1.54) is 5.56 Å². The number of nitrogens with one attached hydrogen (secondary N) is 1. The largest absolute Gasteiger partial charge is 0.385 e. The van der Waals surface area contributed by atoms with E-state index < -0.39 is 0 Å². The van der Waals surface area contributed by atoms with E-state index in [0.717, 1.165) is 38.4 Å². The quantitative estimate of drug-likeness (QED) is 0.680. The molecule has 1 N–H and O–H groups in total. The molecule has 1 rings (SSSR count). The third kappa shape index (κ3) is 4.76. The lowest BCUT2D eigenvalue weighted by atomic mass is 10.2. The highest BCUT2D eigenvalue weighted by Gasteiger charge is 2.09. The molecule has 0 aliphatic heterocycles. The molecule has 0 fully saturated rings. The Morgan fingerprint density at radius 2 is 2.06 bits per heavy atom. The lowest BCUT2D eigenvalue weighted by molar-refractivity contribution is 0.178. The molecule has 0 amide bonds. The van der Waals surface area contributed by atoms with Crippen molar-refractivity contribution in [1.29, 1.82) is 0 Å². The number of aromatic nitrogens is 2. The Morgan fingerprint density at radius 1 is 1.33 bits per heavy atom. The molecule has 0 radical (unpaired) electrons. The SMILES string of the molecule is COCCNCc1cn(C(C)CCOC)nc1C. The van der Waals surface area contributed by atoms with Crippen LogP contribution in [0.2, 0.25) is 0 Å². The highest BCUT2D eigenvalue weighted by atomic mass is 16.5. The molecule has 0 saturated heterocycles. The minimum atomic E-state index is 0.372. The van der Waals surface area contributed by atoms with Gasteiger partial charge in [0.05, 0.1) is 18.3 Å². The Bertz CT molecular complexity index is 339. The van der Waals surface area contributed by atoms with Crippen LogP contribution in [0.3, 0.4) is 0 Å². The van der Waals surface area contributed by atoms with Gasteiger partial charge in [0.1, 0.15) is 0 Å². The second-order valence-corrected chi connectivity index (χ2v) is 4.52. The van der Waals surface area contributed by atoms with Crippen LogP contribution in [0.15, 0.2) is 6.20 Å². The van der Waals surface area contributed by atoms with Crippen molar-refractivity contribution in [2.75, 3.05) is 34.0 Å². The molecule has 5 nitrogen and oxygen atoms in total. The van der Waals surface area contributed by atoms with Crippen LogP contribution in [0.5, 0.6) is 0 Å². The van der Waals surface area contributed by atoms with E-state index in [0.29, 0.717) is 6.04 Å². The van der Waals surface area contributed by atoms with E-state index in [1.807, 2.05) is 11.6 Å². The fraction of sp³-hybridized carbons (Fsp3) is 0.769. The van der Waals surface area contributed by atoms with Crippen LogP contribution in [0, 0.1) is 6.92 Å². The first-order chi connectivity index (χ1) is 8.69. The average molecular weight is 255 g/mol. The topological polar surface area (TPSA) is 48.3 Å². The molecule has 1 aromatic rings. The van der Waals surface area contributed by atoms with Crippen molar-refractivity contribution in [3.8, 4) is 0 Å². The van der Waals surface area contributed by atoms with Crippen molar-refractivity contribution in [1.82, 2.24) is 15.1 Å². The second-order valence-electron chi connectivity index (χ2n) is 4.52. The van der Waals surface area contributed by atoms with Gasteiger partial charge >= 0.3 is 0 Å². The molecule has 0 aliphatic carbocycles. The Kier molecular flexibility index (Phi) is 6.93. The van der Waals surface area contributed by atoms with Gasteiger partial charge in [0.15, 0.2) is 0 Å². The van der Waals surface area contributed by atoms with Gasteiger partial charge < -0.3 is 14.8 Å².